The largest absolute Gasteiger partial charge is 0.352 e. The van der Waals surface area contributed by atoms with Crippen molar-refractivity contribution in [3.05, 3.63) is 38.2 Å². The van der Waals surface area contributed by atoms with Gasteiger partial charge in [0.05, 0.1) is 10.9 Å². The number of pyridine rings is 1. The molecule has 0 aromatic carbocycles. The van der Waals surface area contributed by atoms with E-state index in [1.54, 1.807) is 6.07 Å². The number of amides is 1. The van der Waals surface area contributed by atoms with Gasteiger partial charge in [-0.25, -0.2) is 9.78 Å². The molecule has 24 heavy (non-hydrogen) atoms. The van der Waals surface area contributed by atoms with Crippen molar-refractivity contribution in [1.82, 2.24) is 19.9 Å². The first kappa shape index (κ1) is 17.9. The summed E-state index contributed by atoms with van der Waals surface area (Å²) in [4.78, 5) is 43.8. The predicted octanol–water partition coefficient (Wildman–Crippen LogP) is 1.61. The average Bonchev–Trinajstić information content (AvgIpc) is 2.50. The minimum Gasteiger partial charge on any atom is -0.352 e. The van der Waals surface area contributed by atoms with E-state index in [2.05, 4.69) is 15.3 Å². The van der Waals surface area contributed by atoms with Crippen molar-refractivity contribution in [2.24, 2.45) is 5.92 Å². The van der Waals surface area contributed by atoms with Crippen LogP contribution < -0.4 is 16.6 Å². The van der Waals surface area contributed by atoms with Crippen LogP contribution in [0.1, 0.15) is 56.6 Å². The van der Waals surface area contributed by atoms with Crippen molar-refractivity contribution in [2.45, 2.75) is 47.1 Å². The Morgan fingerprint density at radius 3 is 2.50 bits per heavy atom. The van der Waals surface area contributed by atoms with Gasteiger partial charge in [0, 0.05) is 18.8 Å². The van der Waals surface area contributed by atoms with Crippen LogP contribution in [0.4, 0.5) is 0 Å². The quantitative estimate of drug-likeness (QED) is 0.869. The summed E-state index contributed by atoms with van der Waals surface area (Å²) in [5, 5.41) is 2.87. The lowest BCUT2D eigenvalue weighted by Gasteiger charge is -2.15. The van der Waals surface area contributed by atoms with Crippen LogP contribution in [0.25, 0.3) is 11.0 Å². The molecule has 2 aromatic heterocycles. The molecule has 2 rings (SSSR count). The van der Waals surface area contributed by atoms with Crippen LogP contribution in [-0.4, -0.2) is 27.0 Å². The Balaban J connectivity index is 2.93. The molecule has 0 aliphatic carbocycles. The van der Waals surface area contributed by atoms with E-state index in [-0.39, 0.29) is 34.3 Å². The van der Waals surface area contributed by atoms with E-state index >= 15 is 0 Å². The smallest absolute Gasteiger partial charge is 0.330 e. The zero-order chi connectivity index (χ0) is 18.0. The summed E-state index contributed by atoms with van der Waals surface area (Å²) in [6, 6.07) is 1.64. The van der Waals surface area contributed by atoms with E-state index in [0.717, 1.165) is 0 Å². The average molecular weight is 332 g/mol. The van der Waals surface area contributed by atoms with Gasteiger partial charge in [0.15, 0.2) is 5.65 Å². The lowest BCUT2D eigenvalue weighted by Crippen LogP contribution is -2.34. The summed E-state index contributed by atoms with van der Waals surface area (Å²) in [7, 11) is 0. The first-order valence-corrected chi connectivity index (χ1v) is 8.22. The molecule has 0 aliphatic rings. The monoisotopic (exact) mass is 332 g/mol. The Morgan fingerprint density at radius 2 is 1.96 bits per heavy atom. The van der Waals surface area contributed by atoms with Crippen molar-refractivity contribution >= 4 is 16.9 Å². The van der Waals surface area contributed by atoms with Crippen LogP contribution in [0, 0.1) is 5.92 Å². The molecule has 7 heteroatoms. The Morgan fingerprint density at radius 1 is 1.29 bits per heavy atom. The minimum absolute atomic E-state index is 0.0597. The van der Waals surface area contributed by atoms with Crippen molar-refractivity contribution < 1.29 is 4.79 Å². The second kappa shape index (κ2) is 6.98. The SMILES string of the molecule is CCNC(=O)c1cc(C(C)C)nc2c1c(=O)[nH]c(=O)n2CC(C)C. The number of aromatic nitrogens is 3. The number of carbonyl (C=O) groups is 1. The molecule has 0 saturated heterocycles. The highest BCUT2D eigenvalue weighted by molar-refractivity contribution is 6.05. The van der Waals surface area contributed by atoms with E-state index in [4.69, 9.17) is 0 Å². The van der Waals surface area contributed by atoms with Crippen molar-refractivity contribution in [1.29, 1.82) is 0 Å². The van der Waals surface area contributed by atoms with Crippen molar-refractivity contribution in [2.75, 3.05) is 6.54 Å². The zero-order valence-corrected chi connectivity index (χ0v) is 14.8. The molecule has 0 unspecified atom stereocenters. The maximum absolute atomic E-state index is 12.4. The molecule has 0 spiro atoms. The highest BCUT2D eigenvalue weighted by atomic mass is 16.2. The van der Waals surface area contributed by atoms with Gasteiger partial charge < -0.3 is 5.32 Å². The van der Waals surface area contributed by atoms with Crippen LogP contribution in [-0.2, 0) is 6.54 Å². The maximum Gasteiger partial charge on any atom is 0.330 e. The van der Waals surface area contributed by atoms with Gasteiger partial charge in [0.1, 0.15) is 0 Å². The molecule has 0 fully saturated rings. The molecule has 0 aliphatic heterocycles. The molecule has 0 atom stereocenters. The molecule has 130 valence electrons. The number of carbonyl (C=O) groups excluding carboxylic acids is 1. The van der Waals surface area contributed by atoms with E-state index in [9.17, 15) is 14.4 Å². The van der Waals surface area contributed by atoms with E-state index in [0.29, 0.717) is 18.8 Å². The summed E-state index contributed by atoms with van der Waals surface area (Å²) in [5.41, 5.74) is 0.107. The number of H-pyrrole nitrogens is 1. The fourth-order valence-corrected chi connectivity index (χ4v) is 2.56. The highest BCUT2D eigenvalue weighted by Gasteiger charge is 2.20. The Kier molecular flexibility index (Phi) is 5.21. The Labute approximate surface area is 140 Å². The van der Waals surface area contributed by atoms with Crippen LogP contribution >= 0.6 is 0 Å². The van der Waals surface area contributed by atoms with E-state index in [1.807, 2.05) is 34.6 Å². The number of hydrogen-bond acceptors (Lipinski definition) is 4. The summed E-state index contributed by atoms with van der Waals surface area (Å²) in [6.45, 7) is 10.5. The molecular weight excluding hydrogens is 308 g/mol. The summed E-state index contributed by atoms with van der Waals surface area (Å²) < 4.78 is 1.44. The Bertz CT molecular complexity index is 878. The summed E-state index contributed by atoms with van der Waals surface area (Å²) in [6.07, 6.45) is 0. The number of nitrogens with one attached hydrogen (secondary N) is 2. The van der Waals surface area contributed by atoms with Crippen LogP contribution in [0.2, 0.25) is 0 Å². The number of aromatic amines is 1. The molecule has 2 aromatic rings. The van der Waals surface area contributed by atoms with Crippen LogP contribution in [0.15, 0.2) is 15.7 Å². The maximum atomic E-state index is 12.4. The highest BCUT2D eigenvalue weighted by Crippen LogP contribution is 2.20. The molecule has 7 nitrogen and oxygen atoms in total. The van der Waals surface area contributed by atoms with Crippen LogP contribution in [0.5, 0.6) is 0 Å². The molecule has 1 amide bonds. The van der Waals surface area contributed by atoms with E-state index < -0.39 is 11.2 Å². The second-order valence-electron chi connectivity index (χ2n) is 6.57. The fourth-order valence-electron chi connectivity index (χ4n) is 2.56. The molecule has 0 saturated carbocycles. The van der Waals surface area contributed by atoms with Gasteiger partial charge in [-0.05, 0) is 24.8 Å². The lowest BCUT2D eigenvalue weighted by atomic mass is 10.0. The zero-order valence-electron chi connectivity index (χ0n) is 14.8. The van der Waals surface area contributed by atoms with Gasteiger partial charge in [0.2, 0.25) is 0 Å². The van der Waals surface area contributed by atoms with Crippen molar-refractivity contribution in [3.8, 4) is 0 Å². The first-order chi connectivity index (χ1) is 11.3. The Hall–Kier alpha value is -2.44. The first-order valence-electron chi connectivity index (χ1n) is 8.22. The van der Waals surface area contributed by atoms with Gasteiger partial charge in [-0.2, -0.15) is 0 Å². The number of fused-ring (bicyclic) bond motifs is 1. The van der Waals surface area contributed by atoms with Gasteiger partial charge in [-0.3, -0.25) is 19.1 Å². The van der Waals surface area contributed by atoms with Crippen LogP contribution in [0.3, 0.4) is 0 Å². The van der Waals surface area contributed by atoms with Gasteiger partial charge in [-0.15, -0.1) is 0 Å². The van der Waals surface area contributed by atoms with Gasteiger partial charge >= 0.3 is 5.69 Å². The summed E-state index contributed by atoms with van der Waals surface area (Å²) in [5.74, 6) is -0.0919. The summed E-state index contributed by atoms with van der Waals surface area (Å²) >= 11 is 0. The van der Waals surface area contributed by atoms with Gasteiger partial charge in [-0.1, -0.05) is 27.7 Å². The number of rotatable bonds is 5. The third kappa shape index (κ3) is 3.39. The van der Waals surface area contributed by atoms with Gasteiger partial charge in [0.25, 0.3) is 11.5 Å². The molecular formula is C17H24N4O3. The number of hydrogen-bond donors (Lipinski definition) is 2. The molecule has 0 radical (unpaired) electrons. The number of nitrogens with zero attached hydrogens (tertiary/aromatic N) is 2. The predicted molar refractivity (Wildman–Crippen MR) is 93.6 cm³/mol. The lowest BCUT2D eigenvalue weighted by molar-refractivity contribution is 0.0957. The third-order valence-corrected chi connectivity index (χ3v) is 3.69. The molecule has 2 N–H and O–H groups in total. The second-order valence-corrected chi connectivity index (χ2v) is 6.57. The van der Waals surface area contributed by atoms with E-state index in [1.165, 1.54) is 4.57 Å². The fraction of sp³-hybridized carbons (Fsp3) is 0.529. The molecule has 2 heterocycles. The molecule has 0 bridgehead atoms. The van der Waals surface area contributed by atoms with Crippen molar-refractivity contribution in [3.63, 3.8) is 0 Å². The topological polar surface area (TPSA) is 96.8 Å². The standard InChI is InChI=1S/C17H24N4O3/c1-6-18-15(22)11-7-12(10(4)5)19-14-13(11)16(23)20-17(24)21(14)8-9(2)3/h7,9-10H,6,8H2,1-5H3,(H,18,22)(H,20,23,24). The minimum atomic E-state index is -0.584. The normalized spacial score (nSPS) is 11.5. The third-order valence-electron chi connectivity index (χ3n) is 3.69.